The Labute approximate surface area is 128 Å². The lowest BCUT2D eigenvalue weighted by Gasteiger charge is -2.12. The van der Waals surface area contributed by atoms with E-state index in [1.54, 1.807) is 16.7 Å². The van der Waals surface area contributed by atoms with Gasteiger partial charge in [-0.2, -0.15) is 13.2 Å². The number of aromatic nitrogens is 1. The number of aliphatic hydroxyl groups is 1. The van der Waals surface area contributed by atoms with Crippen molar-refractivity contribution < 1.29 is 23.0 Å². The van der Waals surface area contributed by atoms with Crippen LogP contribution in [0.2, 0.25) is 0 Å². The number of hydrogen-bond acceptors (Lipinski definition) is 2. The fraction of sp³-hybridized carbons (Fsp3) is 0.286. The van der Waals surface area contributed by atoms with Crippen molar-refractivity contribution in [2.45, 2.75) is 18.8 Å². The highest BCUT2D eigenvalue weighted by molar-refractivity contribution is 9.10. The van der Waals surface area contributed by atoms with Crippen LogP contribution in [0.4, 0.5) is 13.2 Å². The fourth-order valence-electron chi connectivity index (χ4n) is 1.75. The summed E-state index contributed by atoms with van der Waals surface area (Å²) in [6.07, 6.45) is -4.36. The average molecular weight is 364 g/mol. The van der Waals surface area contributed by atoms with Crippen molar-refractivity contribution in [2.24, 2.45) is 0 Å². The number of alkyl halides is 3. The summed E-state index contributed by atoms with van der Waals surface area (Å²) in [5.41, 5.74) is -0.175. The highest BCUT2D eigenvalue weighted by Gasteiger charge is 2.39. The van der Waals surface area contributed by atoms with Gasteiger partial charge in [0.2, 0.25) is 0 Å². The molecule has 114 valence electrons. The molecule has 0 saturated carbocycles. The molecule has 2 rings (SSSR count). The molecule has 0 fully saturated rings. The van der Waals surface area contributed by atoms with Crippen LogP contribution in [0.5, 0.6) is 5.75 Å². The molecule has 0 radical (unpaired) electrons. The van der Waals surface area contributed by atoms with Gasteiger partial charge in [-0.3, -0.25) is 0 Å². The number of aliphatic hydroxyl groups excluding tert-OH is 1. The van der Waals surface area contributed by atoms with Crippen LogP contribution in [-0.2, 0) is 6.54 Å². The molecule has 0 aliphatic heterocycles. The van der Waals surface area contributed by atoms with Crippen LogP contribution in [0.3, 0.4) is 0 Å². The summed E-state index contributed by atoms with van der Waals surface area (Å²) >= 11 is 3.31. The molecular weight excluding hydrogens is 351 g/mol. The molecule has 0 aliphatic rings. The maximum atomic E-state index is 12.4. The van der Waals surface area contributed by atoms with Crippen LogP contribution in [0.25, 0.3) is 0 Å². The minimum Gasteiger partial charge on any atom is -0.492 e. The first-order valence-electron chi connectivity index (χ1n) is 6.15. The normalized spacial score (nSPS) is 13.2. The van der Waals surface area contributed by atoms with E-state index in [9.17, 15) is 13.2 Å². The molecule has 3 nitrogen and oxygen atoms in total. The largest absolute Gasteiger partial charge is 0.492 e. The number of halogens is 4. The predicted molar refractivity (Wildman–Crippen MR) is 75.1 cm³/mol. The number of rotatable bonds is 5. The highest BCUT2D eigenvalue weighted by Crippen LogP contribution is 2.32. The van der Waals surface area contributed by atoms with Crippen molar-refractivity contribution in [1.82, 2.24) is 4.57 Å². The van der Waals surface area contributed by atoms with E-state index >= 15 is 0 Å². The molecule has 0 spiro atoms. The molecule has 1 N–H and O–H groups in total. The zero-order valence-electron chi connectivity index (χ0n) is 10.8. The minimum absolute atomic E-state index is 0.175. The van der Waals surface area contributed by atoms with Crippen molar-refractivity contribution in [1.29, 1.82) is 0 Å². The Hall–Kier alpha value is -1.47. The molecule has 1 aromatic heterocycles. The van der Waals surface area contributed by atoms with Crippen molar-refractivity contribution in [3.63, 3.8) is 0 Å². The van der Waals surface area contributed by atoms with Gasteiger partial charge >= 0.3 is 6.18 Å². The fourth-order valence-corrected chi connectivity index (χ4v) is 2.01. The standard InChI is InChI=1S/C14H13BrF3NO2/c15-11-1-3-12(4-2-11)21-8-7-19-6-5-10(9-19)13(20)14(16,17)18/h1-6,9,13,20H,7-8H2. The first-order valence-corrected chi connectivity index (χ1v) is 6.94. The van der Waals surface area contributed by atoms with Crippen LogP contribution in [0.1, 0.15) is 11.7 Å². The van der Waals surface area contributed by atoms with Crippen LogP contribution in [-0.4, -0.2) is 22.5 Å². The van der Waals surface area contributed by atoms with Crippen molar-refractivity contribution in [3.05, 3.63) is 52.8 Å². The van der Waals surface area contributed by atoms with Gasteiger partial charge in [0.1, 0.15) is 12.4 Å². The molecule has 0 aliphatic carbocycles. The maximum Gasteiger partial charge on any atom is 0.418 e. The third-order valence-electron chi connectivity index (χ3n) is 2.83. The first kappa shape index (κ1) is 15.9. The van der Waals surface area contributed by atoms with Gasteiger partial charge in [-0.05, 0) is 30.3 Å². The first-order chi connectivity index (χ1) is 9.86. The monoisotopic (exact) mass is 363 g/mol. The van der Waals surface area contributed by atoms with Gasteiger partial charge in [0.25, 0.3) is 0 Å². The van der Waals surface area contributed by atoms with Gasteiger partial charge in [-0.1, -0.05) is 15.9 Å². The maximum absolute atomic E-state index is 12.4. The summed E-state index contributed by atoms with van der Waals surface area (Å²) in [5, 5.41) is 9.13. The van der Waals surface area contributed by atoms with E-state index in [-0.39, 0.29) is 5.56 Å². The van der Waals surface area contributed by atoms with Gasteiger partial charge in [0.15, 0.2) is 6.10 Å². The second-order valence-electron chi connectivity index (χ2n) is 4.43. The summed E-state index contributed by atoms with van der Waals surface area (Å²) in [5.74, 6) is 0.681. The number of nitrogens with zero attached hydrogens (tertiary/aromatic N) is 1. The Kier molecular flexibility index (Phi) is 4.95. The Balaban J connectivity index is 1.87. The van der Waals surface area contributed by atoms with E-state index in [4.69, 9.17) is 9.84 Å². The van der Waals surface area contributed by atoms with E-state index in [2.05, 4.69) is 15.9 Å². The Morgan fingerprint density at radius 2 is 1.86 bits per heavy atom. The predicted octanol–water partition coefficient (Wildman–Crippen LogP) is 3.93. The van der Waals surface area contributed by atoms with E-state index in [1.165, 1.54) is 18.5 Å². The Morgan fingerprint density at radius 1 is 1.19 bits per heavy atom. The van der Waals surface area contributed by atoms with E-state index in [0.717, 1.165) is 4.47 Å². The molecule has 21 heavy (non-hydrogen) atoms. The molecular formula is C14H13BrF3NO2. The molecule has 0 saturated heterocycles. The van der Waals surface area contributed by atoms with Gasteiger partial charge in [0, 0.05) is 22.4 Å². The van der Waals surface area contributed by atoms with Crippen molar-refractivity contribution in [2.75, 3.05) is 6.61 Å². The lowest BCUT2D eigenvalue weighted by molar-refractivity contribution is -0.206. The quantitative estimate of drug-likeness (QED) is 0.873. The second kappa shape index (κ2) is 6.53. The minimum atomic E-state index is -4.65. The number of hydrogen-bond donors (Lipinski definition) is 1. The second-order valence-corrected chi connectivity index (χ2v) is 5.34. The summed E-state index contributed by atoms with van der Waals surface area (Å²) in [6, 6.07) is 8.50. The average Bonchev–Trinajstić information content (AvgIpc) is 2.88. The molecule has 1 atom stereocenters. The van der Waals surface area contributed by atoms with E-state index < -0.39 is 12.3 Å². The third-order valence-corrected chi connectivity index (χ3v) is 3.36. The van der Waals surface area contributed by atoms with Crippen LogP contribution in [0.15, 0.2) is 47.2 Å². The molecule has 1 unspecified atom stereocenters. The topological polar surface area (TPSA) is 34.4 Å². The molecule has 7 heteroatoms. The SMILES string of the molecule is OC(c1ccn(CCOc2ccc(Br)cc2)c1)C(F)(F)F. The lowest BCUT2D eigenvalue weighted by atomic mass is 10.2. The number of benzene rings is 1. The molecule has 1 heterocycles. The smallest absolute Gasteiger partial charge is 0.418 e. The molecule has 2 aromatic rings. The van der Waals surface area contributed by atoms with Crippen molar-refractivity contribution >= 4 is 15.9 Å². The van der Waals surface area contributed by atoms with Gasteiger partial charge in [0.05, 0.1) is 6.54 Å². The van der Waals surface area contributed by atoms with Crippen molar-refractivity contribution in [3.8, 4) is 5.75 Å². The van der Waals surface area contributed by atoms with Crippen LogP contribution >= 0.6 is 15.9 Å². The van der Waals surface area contributed by atoms with E-state index in [1.807, 2.05) is 12.1 Å². The third kappa shape index (κ3) is 4.50. The zero-order valence-corrected chi connectivity index (χ0v) is 12.4. The molecule has 1 aromatic carbocycles. The van der Waals surface area contributed by atoms with E-state index in [0.29, 0.717) is 18.9 Å². The Bertz CT molecular complexity index is 581. The van der Waals surface area contributed by atoms with Gasteiger partial charge < -0.3 is 14.4 Å². The van der Waals surface area contributed by atoms with Crippen LogP contribution in [0, 0.1) is 0 Å². The summed E-state index contributed by atoms with van der Waals surface area (Å²) < 4.78 is 45.0. The molecule has 0 bridgehead atoms. The van der Waals surface area contributed by atoms with Gasteiger partial charge in [-0.25, -0.2) is 0 Å². The lowest BCUT2D eigenvalue weighted by Crippen LogP contribution is -2.19. The van der Waals surface area contributed by atoms with Gasteiger partial charge in [-0.15, -0.1) is 0 Å². The van der Waals surface area contributed by atoms with Crippen LogP contribution < -0.4 is 4.74 Å². The summed E-state index contributed by atoms with van der Waals surface area (Å²) in [7, 11) is 0. The zero-order chi connectivity index (χ0) is 15.5. The summed E-state index contributed by atoms with van der Waals surface area (Å²) in [4.78, 5) is 0. The summed E-state index contributed by atoms with van der Waals surface area (Å²) in [6.45, 7) is 0.707. The Morgan fingerprint density at radius 3 is 2.48 bits per heavy atom. The molecule has 0 amide bonds. The highest BCUT2D eigenvalue weighted by atomic mass is 79.9. The number of ether oxygens (including phenoxy) is 1.